The number of halogens is 3. The fraction of sp³-hybridized carbons (Fsp3) is 0.500. The molecule has 0 radical (unpaired) electrons. The van der Waals surface area contributed by atoms with Crippen LogP contribution in [-0.2, 0) is 15.8 Å². The molecule has 2 atom stereocenters. The van der Waals surface area contributed by atoms with Crippen molar-refractivity contribution in [1.29, 1.82) is 0 Å². The highest BCUT2D eigenvalue weighted by Gasteiger charge is 2.36. The maximum absolute atomic E-state index is 13.7. The molecule has 0 aliphatic heterocycles. The molecule has 7 nitrogen and oxygen atoms in total. The van der Waals surface area contributed by atoms with E-state index in [1.54, 1.807) is 0 Å². The largest absolute Gasteiger partial charge is 0.481 e. The number of aliphatic carboxylic acids is 1. The van der Waals surface area contributed by atoms with Crippen LogP contribution in [0.25, 0.3) is 11.3 Å². The van der Waals surface area contributed by atoms with Crippen LogP contribution >= 0.6 is 0 Å². The first-order valence-electron chi connectivity index (χ1n) is 10.5. The van der Waals surface area contributed by atoms with Crippen LogP contribution in [0.1, 0.15) is 50.6 Å². The average molecular weight is 453 g/mol. The van der Waals surface area contributed by atoms with Gasteiger partial charge >= 0.3 is 12.1 Å². The number of carbonyl (C=O) groups excluding carboxylic acids is 1. The Morgan fingerprint density at radius 1 is 1.31 bits per heavy atom. The number of aliphatic hydroxyl groups excluding tert-OH is 1. The van der Waals surface area contributed by atoms with E-state index < -0.39 is 29.7 Å². The van der Waals surface area contributed by atoms with Crippen LogP contribution in [0.3, 0.4) is 0 Å². The molecule has 1 saturated carbocycles. The summed E-state index contributed by atoms with van der Waals surface area (Å²) in [5, 5.41) is 23.3. The molecule has 1 aromatic carbocycles. The number of carboxylic acid groups (broad SMARTS) is 1. The van der Waals surface area contributed by atoms with Crippen LogP contribution in [0.5, 0.6) is 0 Å². The van der Waals surface area contributed by atoms with E-state index in [2.05, 4.69) is 5.10 Å². The average Bonchev–Trinajstić information content (AvgIpc) is 3.42. The number of aromatic nitrogens is 2. The van der Waals surface area contributed by atoms with Crippen molar-refractivity contribution >= 4 is 18.2 Å². The highest BCUT2D eigenvalue weighted by Crippen LogP contribution is 2.41. The molecule has 32 heavy (non-hydrogen) atoms. The van der Waals surface area contributed by atoms with Crippen molar-refractivity contribution in [3.05, 3.63) is 35.9 Å². The molecule has 0 bridgehead atoms. The summed E-state index contributed by atoms with van der Waals surface area (Å²) in [5.74, 6) is -2.12. The minimum atomic E-state index is -4.58. The molecule has 2 aromatic rings. The fourth-order valence-electron chi connectivity index (χ4n) is 4.32. The SMILES string of the molecule is CC(C(=O)O)[C@H](CCO)N(C=O)c1cc(-c2ccccc2C(F)(F)F)n(C2CCCC2)n1. The first-order valence-corrected chi connectivity index (χ1v) is 10.5. The minimum Gasteiger partial charge on any atom is -0.481 e. The van der Waals surface area contributed by atoms with E-state index in [1.165, 1.54) is 35.9 Å². The van der Waals surface area contributed by atoms with Gasteiger partial charge in [-0.05, 0) is 32.3 Å². The number of anilines is 1. The second-order valence-electron chi connectivity index (χ2n) is 8.03. The number of rotatable bonds is 9. The number of hydrogen-bond donors (Lipinski definition) is 2. The molecule has 0 saturated heterocycles. The van der Waals surface area contributed by atoms with Crippen molar-refractivity contribution in [1.82, 2.24) is 9.78 Å². The van der Waals surface area contributed by atoms with Crippen LogP contribution in [-0.4, -0.2) is 45.0 Å². The van der Waals surface area contributed by atoms with Gasteiger partial charge in [-0.3, -0.25) is 19.2 Å². The molecule has 0 spiro atoms. The highest BCUT2D eigenvalue weighted by molar-refractivity contribution is 5.80. The van der Waals surface area contributed by atoms with Gasteiger partial charge in [0.2, 0.25) is 6.41 Å². The van der Waals surface area contributed by atoms with Crippen LogP contribution < -0.4 is 4.90 Å². The zero-order valence-electron chi connectivity index (χ0n) is 17.6. The molecule has 1 heterocycles. The molecular formula is C22H26F3N3O4. The second-order valence-corrected chi connectivity index (χ2v) is 8.03. The highest BCUT2D eigenvalue weighted by atomic mass is 19.4. The molecule has 1 aliphatic rings. The van der Waals surface area contributed by atoms with Crippen molar-refractivity contribution in [3.8, 4) is 11.3 Å². The summed E-state index contributed by atoms with van der Waals surface area (Å²) in [6.07, 6.45) is -0.855. The van der Waals surface area contributed by atoms with Gasteiger partial charge in [0.15, 0.2) is 5.82 Å². The Morgan fingerprint density at radius 2 is 1.97 bits per heavy atom. The molecule has 174 valence electrons. The lowest BCUT2D eigenvalue weighted by atomic mass is 9.97. The fourth-order valence-corrected chi connectivity index (χ4v) is 4.32. The van der Waals surface area contributed by atoms with E-state index >= 15 is 0 Å². The summed E-state index contributed by atoms with van der Waals surface area (Å²) >= 11 is 0. The molecule has 3 rings (SSSR count). The van der Waals surface area contributed by atoms with Crippen LogP contribution in [0.2, 0.25) is 0 Å². The number of benzene rings is 1. The lowest BCUT2D eigenvalue weighted by Crippen LogP contribution is -2.43. The third-order valence-electron chi connectivity index (χ3n) is 6.03. The normalized spacial score (nSPS) is 16.7. The smallest absolute Gasteiger partial charge is 0.417 e. The number of carbonyl (C=O) groups is 2. The number of aliphatic hydroxyl groups is 1. The van der Waals surface area contributed by atoms with Gasteiger partial charge in [-0.15, -0.1) is 0 Å². The van der Waals surface area contributed by atoms with Crippen molar-refractivity contribution in [2.45, 2.75) is 57.3 Å². The Bertz CT molecular complexity index is 954. The predicted molar refractivity (Wildman–Crippen MR) is 111 cm³/mol. The first kappa shape index (κ1) is 23.8. The van der Waals surface area contributed by atoms with E-state index in [1.807, 2.05) is 0 Å². The van der Waals surface area contributed by atoms with Gasteiger partial charge in [0.1, 0.15) is 0 Å². The summed E-state index contributed by atoms with van der Waals surface area (Å²) in [6, 6.07) is 5.55. The van der Waals surface area contributed by atoms with Crippen molar-refractivity contribution in [2.75, 3.05) is 11.5 Å². The third kappa shape index (κ3) is 4.79. The Labute approximate surface area is 183 Å². The maximum atomic E-state index is 13.7. The van der Waals surface area contributed by atoms with E-state index in [0.717, 1.165) is 36.6 Å². The molecule has 1 aromatic heterocycles. The monoisotopic (exact) mass is 453 g/mol. The minimum absolute atomic E-state index is 0.0169. The van der Waals surface area contributed by atoms with Gasteiger partial charge in [-0.1, -0.05) is 31.0 Å². The van der Waals surface area contributed by atoms with Gasteiger partial charge in [-0.25, -0.2) is 0 Å². The van der Waals surface area contributed by atoms with Crippen LogP contribution in [0, 0.1) is 5.92 Å². The van der Waals surface area contributed by atoms with Gasteiger partial charge in [0, 0.05) is 18.2 Å². The molecule has 2 N–H and O–H groups in total. The molecule has 1 aliphatic carbocycles. The van der Waals surface area contributed by atoms with Gasteiger partial charge in [0.25, 0.3) is 0 Å². The van der Waals surface area contributed by atoms with Crippen molar-refractivity contribution in [2.24, 2.45) is 5.92 Å². The number of carboxylic acids is 1. The maximum Gasteiger partial charge on any atom is 0.417 e. The lowest BCUT2D eigenvalue weighted by Gasteiger charge is -2.29. The molecule has 1 unspecified atom stereocenters. The Morgan fingerprint density at radius 3 is 2.53 bits per heavy atom. The number of hydrogen-bond acceptors (Lipinski definition) is 4. The summed E-state index contributed by atoms with van der Waals surface area (Å²) < 4.78 is 42.7. The second kappa shape index (κ2) is 9.72. The summed E-state index contributed by atoms with van der Waals surface area (Å²) in [4.78, 5) is 24.6. The van der Waals surface area contributed by atoms with Gasteiger partial charge in [0.05, 0.1) is 29.3 Å². The zero-order chi connectivity index (χ0) is 23.5. The van der Waals surface area contributed by atoms with Crippen LogP contribution in [0.15, 0.2) is 30.3 Å². The third-order valence-corrected chi connectivity index (χ3v) is 6.03. The van der Waals surface area contributed by atoms with E-state index in [-0.39, 0.29) is 36.1 Å². The number of alkyl halides is 3. The van der Waals surface area contributed by atoms with Gasteiger partial charge < -0.3 is 10.2 Å². The Kier molecular flexibility index (Phi) is 7.22. The summed E-state index contributed by atoms with van der Waals surface area (Å²) in [6.45, 7) is 1.05. The lowest BCUT2D eigenvalue weighted by molar-refractivity contribution is -0.142. The quantitative estimate of drug-likeness (QED) is 0.557. The van der Waals surface area contributed by atoms with Crippen molar-refractivity contribution in [3.63, 3.8) is 0 Å². The van der Waals surface area contributed by atoms with Crippen molar-refractivity contribution < 1.29 is 33.0 Å². The standard InChI is InChI=1S/C22H26F3N3O4/c1-14(21(31)32)18(10-11-29)27(13-30)20-12-19(28(26-20)15-6-2-3-7-15)16-8-4-5-9-17(16)22(23,24)25/h4-5,8-9,12-15,18,29H,2-3,6-7,10-11H2,1H3,(H,31,32)/t14?,18-/m0/s1. The van der Waals surface area contributed by atoms with E-state index in [0.29, 0.717) is 6.41 Å². The Balaban J connectivity index is 2.15. The number of nitrogens with zero attached hydrogens (tertiary/aromatic N) is 3. The summed E-state index contributed by atoms with van der Waals surface area (Å²) in [7, 11) is 0. The summed E-state index contributed by atoms with van der Waals surface area (Å²) in [5.41, 5.74) is -0.645. The number of amides is 1. The molecule has 10 heteroatoms. The topological polar surface area (TPSA) is 95.7 Å². The van der Waals surface area contributed by atoms with Gasteiger partial charge in [-0.2, -0.15) is 18.3 Å². The zero-order valence-corrected chi connectivity index (χ0v) is 17.6. The first-order chi connectivity index (χ1) is 15.2. The molecule has 1 amide bonds. The van der Waals surface area contributed by atoms with E-state index in [4.69, 9.17) is 0 Å². The van der Waals surface area contributed by atoms with Crippen LogP contribution in [0.4, 0.5) is 19.0 Å². The molecule has 1 fully saturated rings. The predicted octanol–water partition coefficient (Wildman–Crippen LogP) is 4.12. The van der Waals surface area contributed by atoms with E-state index in [9.17, 15) is 33.0 Å². The Hall–Kier alpha value is -2.88. The molecular weight excluding hydrogens is 427 g/mol.